The fraction of sp³-hybridized carbons (Fsp3) is 0.325. The second-order valence-electron chi connectivity index (χ2n) is 28.2. The molecule has 4 atom stereocenters. The average molecular weight is 1620 g/mol. The predicted molar refractivity (Wildman–Crippen MR) is 440 cm³/mol. The summed E-state index contributed by atoms with van der Waals surface area (Å²) in [6, 6.07) is 29.0. The number of Topliss-reactive ketones (excluding diaryl/α,β-unsaturated/α-hetero) is 1. The van der Waals surface area contributed by atoms with Gasteiger partial charge in [-0.1, -0.05) is 102 Å². The van der Waals surface area contributed by atoms with Gasteiger partial charge in [0.05, 0.1) is 82.6 Å². The predicted octanol–water partition coefficient (Wildman–Crippen LogP) is 16.4. The monoisotopic (exact) mass is 1620 g/mol. The highest BCUT2D eigenvalue weighted by atomic mass is 35.5. The number of nitrogens with one attached hydrogen (secondary N) is 5. The highest BCUT2D eigenvalue weighted by molar-refractivity contribution is 6.36. The number of aryl methyl sites for hydroxylation is 2. The van der Waals surface area contributed by atoms with Crippen molar-refractivity contribution < 1.29 is 22.8 Å². The molecule has 0 unspecified atom stereocenters. The van der Waals surface area contributed by atoms with E-state index in [1.54, 1.807) is 45.7 Å². The molecule has 113 heavy (non-hydrogen) atoms. The van der Waals surface area contributed by atoms with Crippen LogP contribution in [0.2, 0.25) is 20.1 Å². The van der Waals surface area contributed by atoms with Gasteiger partial charge in [-0.3, -0.25) is 28.8 Å². The number of ketones is 1. The number of aromatic nitrogens is 12. The first-order chi connectivity index (χ1) is 53.4. The number of amides is 1. The largest absolute Gasteiger partial charge is 0.419 e. The molecule has 4 aliphatic carbocycles. The zero-order valence-electron chi connectivity index (χ0n) is 62.0. The molecule has 12 aromatic rings. The van der Waals surface area contributed by atoms with Crippen LogP contribution in [0, 0.1) is 13.8 Å². The van der Waals surface area contributed by atoms with Crippen molar-refractivity contribution in [1.29, 1.82) is 0 Å². The second kappa shape index (κ2) is 33.2. The van der Waals surface area contributed by atoms with E-state index >= 15 is 0 Å². The van der Waals surface area contributed by atoms with Gasteiger partial charge in [0.15, 0.2) is 5.78 Å². The van der Waals surface area contributed by atoms with Crippen molar-refractivity contribution in [2.45, 2.75) is 162 Å². The van der Waals surface area contributed by atoms with Gasteiger partial charge in [0.1, 0.15) is 23.0 Å². The Morgan fingerprint density at radius 2 is 0.770 bits per heavy atom. The third-order valence-electron chi connectivity index (χ3n) is 19.8. The van der Waals surface area contributed by atoms with Crippen molar-refractivity contribution in [3.05, 3.63) is 234 Å². The van der Waals surface area contributed by atoms with Crippen LogP contribution in [0.1, 0.15) is 202 Å². The van der Waals surface area contributed by atoms with E-state index in [9.17, 15) is 41.9 Å². The lowest BCUT2D eigenvalue weighted by Crippen LogP contribution is -2.27. The number of pyridine rings is 4. The highest BCUT2D eigenvalue weighted by Crippen LogP contribution is 2.43. The summed E-state index contributed by atoms with van der Waals surface area (Å²) in [4.78, 5) is 109. The first-order valence-electron chi connectivity index (χ1n) is 36.3. The number of fused-ring (bicyclic) bond motifs is 4. The van der Waals surface area contributed by atoms with Crippen LogP contribution in [-0.4, -0.2) is 76.9 Å². The van der Waals surface area contributed by atoms with E-state index in [1.807, 2.05) is 110 Å². The number of carbonyl (C=O) groups is 2. The molecule has 0 aliphatic heterocycles. The first kappa shape index (κ1) is 81.2. The standard InChI is InChI=1S/C20H18ClF3N4O.C20H21ClN6O2.C20H20ClN5O2.C19H20ClN5O.CH4/c1-10-14(20(22,23)24)9-25-19(26-10)27-11(2)16-8-12-4-3-5-15(21)17(12)18(29)28(16)13-6-7-13;1-10(25-17-13(18(28)23-2)9-24-20(22)26-17)15-8-11-4-3-5-14(21)16(11)19(29)27(15)12-6-7-12;1-10(24-18-14(11(2)27)9-23-20(22)25-18)16-8-12-4-3-5-15(21)17(12)19(28)26(16)13-6-7-13;1-10-9-22-19(21)24-17(10)23-11(2)15-8-12-4-3-5-14(20)16(12)18(26)25(15)13-6-7-13;/h3-5,8-9,11,13H,6-7H2,1-2H3,(H,25,26,27);3-5,8-10,12H,6-7H2,1-2H3,(H,23,28)(H3,22,24,25,26);3-5,8-10,13H,6-7H2,1-2H3,(H3,22,23,24,25);3-5,8-9,11,13H,6-7H2,1-2H3,(H3,21,22,23,24);1H4/t11-;2*10-;11-;/m0000./s1. The van der Waals surface area contributed by atoms with Crippen molar-refractivity contribution in [2.75, 3.05) is 45.5 Å². The maximum atomic E-state index is 13.2. The van der Waals surface area contributed by atoms with Gasteiger partial charge in [0.25, 0.3) is 28.1 Å². The number of nitrogens with zero attached hydrogens (tertiary/aromatic N) is 12. The summed E-state index contributed by atoms with van der Waals surface area (Å²) in [6.45, 7) is 12.3. The molecule has 0 spiro atoms. The van der Waals surface area contributed by atoms with Crippen molar-refractivity contribution in [3.63, 3.8) is 0 Å². The van der Waals surface area contributed by atoms with Crippen molar-refractivity contribution in [3.8, 4) is 0 Å². The lowest BCUT2D eigenvalue weighted by atomic mass is 10.1. The Labute approximate surface area is 666 Å². The molecule has 0 saturated heterocycles. The minimum atomic E-state index is -4.50. The van der Waals surface area contributed by atoms with E-state index < -0.39 is 17.8 Å². The molecule has 4 saturated carbocycles. The second-order valence-corrected chi connectivity index (χ2v) is 29.9. The van der Waals surface area contributed by atoms with E-state index in [0.29, 0.717) is 75.7 Å². The normalized spacial score (nSPS) is 14.9. The summed E-state index contributed by atoms with van der Waals surface area (Å²) in [5.41, 5.74) is 20.5. The number of nitrogen functional groups attached to an aromatic ring is 3. The maximum Gasteiger partial charge on any atom is 0.419 e. The summed E-state index contributed by atoms with van der Waals surface area (Å²) < 4.78 is 46.0. The van der Waals surface area contributed by atoms with Crippen LogP contribution in [0.3, 0.4) is 0 Å². The van der Waals surface area contributed by atoms with Gasteiger partial charge in [-0.15, -0.1) is 0 Å². The summed E-state index contributed by atoms with van der Waals surface area (Å²) >= 11 is 25.2. The molecular weight excluding hydrogens is 1540 g/mol. The number of halogens is 7. The quantitative estimate of drug-likeness (QED) is 0.0370. The SMILES string of the molecule is C.CC(=O)c1cnc(N)nc1N[C@@H](C)c1cc2cccc(Cl)c2c(=O)n1C1CC1.CNC(=O)c1cnc(N)nc1N[C@@H](C)c1cc2cccc(Cl)c2c(=O)n1C1CC1.Cc1cnc(N)nc1N[C@@H](C)c1cc2cccc(Cl)c2c(=O)n1C1CC1.Cc1nc(N[C@@H](C)c2cc3cccc(Cl)c3c(=O)n2C2CC2)ncc1C(F)(F)F. The molecule has 8 aromatic heterocycles. The van der Waals surface area contributed by atoms with Gasteiger partial charge in [-0.05, 0) is 170 Å². The van der Waals surface area contributed by atoms with Crippen molar-refractivity contribution in [2.24, 2.45) is 0 Å². The lowest BCUT2D eigenvalue weighted by Gasteiger charge is -2.22. The molecule has 0 bridgehead atoms. The molecule has 16 rings (SSSR count). The van der Waals surface area contributed by atoms with Crippen molar-refractivity contribution >= 4 is 142 Å². The van der Waals surface area contributed by atoms with Gasteiger partial charge < -0.3 is 62.1 Å². The van der Waals surface area contributed by atoms with Gasteiger partial charge >= 0.3 is 6.18 Å². The highest BCUT2D eigenvalue weighted by Gasteiger charge is 2.37. The molecule has 8 heterocycles. The number of rotatable bonds is 18. The number of nitrogens with two attached hydrogens (primary N) is 3. The fourth-order valence-electron chi connectivity index (χ4n) is 13.7. The van der Waals surface area contributed by atoms with Gasteiger partial charge in [-0.25, -0.2) is 24.9 Å². The molecule has 588 valence electrons. The zero-order valence-corrected chi connectivity index (χ0v) is 65.0. The molecule has 0 radical (unpaired) electrons. The molecule has 33 heteroatoms. The van der Waals surface area contributed by atoms with E-state index in [1.165, 1.54) is 33.3 Å². The van der Waals surface area contributed by atoms with Crippen LogP contribution in [-0.2, 0) is 6.18 Å². The van der Waals surface area contributed by atoms with Crippen LogP contribution < -0.4 is 66.0 Å². The number of anilines is 7. The number of alkyl halides is 3. The zero-order chi connectivity index (χ0) is 80.0. The minimum absolute atomic E-state index is 0. The van der Waals surface area contributed by atoms with Crippen molar-refractivity contribution in [1.82, 2.24) is 63.5 Å². The number of hydrogen-bond acceptors (Lipinski definition) is 21. The third kappa shape index (κ3) is 17.5. The van der Waals surface area contributed by atoms with E-state index in [0.717, 1.165) is 96.4 Å². The number of carbonyl (C=O) groups excluding carboxylic acids is 2. The summed E-state index contributed by atoms with van der Waals surface area (Å²) in [7, 11) is 1.53. The maximum absolute atomic E-state index is 13.2. The molecule has 4 aromatic carbocycles. The number of benzene rings is 4. The van der Waals surface area contributed by atoms with Gasteiger partial charge in [0, 0.05) is 84.3 Å². The Kier molecular flexibility index (Phi) is 23.9. The first-order valence-corrected chi connectivity index (χ1v) is 37.8. The molecule has 4 fully saturated rings. The topological polar surface area (TPSA) is 363 Å². The van der Waals surface area contributed by atoms with Crippen LogP contribution in [0.25, 0.3) is 43.1 Å². The summed E-state index contributed by atoms with van der Waals surface area (Å²) in [5, 5.41) is 22.4. The molecule has 11 N–H and O–H groups in total. The van der Waals surface area contributed by atoms with Gasteiger partial charge in [-0.2, -0.15) is 28.1 Å². The average Bonchev–Trinajstić information content (AvgIpc) is 1.75. The Morgan fingerprint density at radius 3 is 1.09 bits per heavy atom. The van der Waals surface area contributed by atoms with Gasteiger partial charge in [0.2, 0.25) is 23.8 Å². The van der Waals surface area contributed by atoms with Crippen LogP contribution in [0.15, 0.2) is 141 Å². The lowest BCUT2D eigenvalue weighted by molar-refractivity contribution is -0.138. The summed E-state index contributed by atoms with van der Waals surface area (Å²) in [5.74, 6) is 1.26. The van der Waals surface area contributed by atoms with Crippen LogP contribution >= 0.6 is 46.4 Å². The van der Waals surface area contributed by atoms with E-state index in [4.69, 9.17) is 63.6 Å². The Morgan fingerprint density at radius 1 is 0.460 bits per heavy atom. The fourth-order valence-corrected chi connectivity index (χ4v) is 14.7. The minimum Gasteiger partial charge on any atom is -0.368 e. The number of hydrogen-bond donors (Lipinski definition) is 8. The van der Waals surface area contributed by atoms with Crippen LogP contribution in [0.4, 0.5) is 54.4 Å². The van der Waals surface area contributed by atoms with Crippen LogP contribution in [0.5, 0.6) is 0 Å². The Hall–Kier alpha value is -11.3. The summed E-state index contributed by atoms with van der Waals surface area (Å²) in [6.07, 6.45) is 8.34. The molecular formula is C80H83Cl4F3N20O6. The molecule has 26 nitrogen and oxygen atoms in total. The molecule has 4 aliphatic rings. The Balaban J connectivity index is 0.000000139. The van der Waals surface area contributed by atoms with E-state index in [-0.39, 0.29) is 119 Å². The smallest absolute Gasteiger partial charge is 0.368 e. The van der Waals surface area contributed by atoms with E-state index in [2.05, 4.69) is 66.5 Å². The Bertz CT molecular complexity index is 5990. The third-order valence-corrected chi connectivity index (χ3v) is 21.1. The molecule has 1 amide bonds.